The van der Waals surface area contributed by atoms with Crippen molar-refractivity contribution in [2.45, 2.75) is 0 Å². The third kappa shape index (κ3) is 2.07. The van der Waals surface area contributed by atoms with Crippen molar-refractivity contribution in [1.29, 1.82) is 0 Å². The SMILES string of the molecule is OCCNc1cc[c]cc1. The van der Waals surface area contributed by atoms with Gasteiger partial charge in [-0.05, 0) is 18.2 Å². The Kier molecular flexibility index (Phi) is 2.77. The van der Waals surface area contributed by atoms with Gasteiger partial charge in [-0.25, -0.2) is 0 Å². The van der Waals surface area contributed by atoms with Crippen molar-refractivity contribution < 1.29 is 5.11 Å². The summed E-state index contributed by atoms with van der Waals surface area (Å²) in [6, 6.07) is 10.4. The lowest BCUT2D eigenvalue weighted by Gasteiger charge is -2.01. The van der Waals surface area contributed by atoms with Gasteiger partial charge in [0.2, 0.25) is 0 Å². The highest BCUT2D eigenvalue weighted by atomic mass is 16.3. The van der Waals surface area contributed by atoms with Gasteiger partial charge in [-0.1, -0.05) is 12.1 Å². The lowest BCUT2D eigenvalue weighted by atomic mass is 10.3. The maximum atomic E-state index is 8.46. The van der Waals surface area contributed by atoms with Gasteiger partial charge in [0.1, 0.15) is 0 Å². The van der Waals surface area contributed by atoms with E-state index >= 15 is 0 Å². The Morgan fingerprint density at radius 2 is 2.10 bits per heavy atom. The van der Waals surface area contributed by atoms with Gasteiger partial charge in [0, 0.05) is 12.2 Å². The number of benzene rings is 1. The monoisotopic (exact) mass is 136 g/mol. The van der Waals surface area contributed by atoms with Crippen LogP contribution in [0.2, 0.25) is 0 Å². The minimum absolute atomic E-state index is 0.165. The Morgan fingerprint density at radius 1 is 1.40 bits per heavy atom. The maximum Gasteiger partial charge on any atom is 0.0604 e. The second-order valence-electron chi connectivity index (χ2n) is 1.94. The molecule has 0 aliphatic heterocycles. The van der Waals surface area contributed by atoms with Gasteiger partial charge in [0.05, 0.1) is 6.61 Å². The molecular formula is C8H10NO. The molecule has 2 nitrogen and oxygen atoms in total. The summed E-state index contributed by atoms with van der Waals surface area (Å²) in [4.78, 5) is 0. The van der Waals surface area contributed by atoms with Crippen LogP contribution in [0.3, 0.4) is 0 Å². The third-order valence-corrected chi connectivity index (χ3v) is 1.16. The molecule has 2 heteroatoms. The Morgan fingerprint density at radius 3 is 2.70 bits per heavy atom. The van der Waals surface area contributed by atoms with Crippen LogP contribution in [0.25, 0.3) is 0 Å². The molecule has 1 aromatic carbocycles. The smallest absolute Gasteiger partial charge is 0.0604 e. The maximum absolute atomic E-state index is 8.46. The van der Waals surface area contributed by atoms with Gasteiger partial charge < -0.3 is 10.4 Å². The van der Waals surface area contributed by atoms with Gasteiger partial charge in [-0.2, -0.15) is 0 Å². The molecule has 1 radical (unpaired) electrons. The lowest BCUT2D eigenvalue weighted by molar-refractivity contribution is 0.311. The Balaban J connectivity index is 2.43. The summed E-state index contributed by atoms with van der Waals surface area (Å²) in [5.74, 6) is 0. The van der Waals surface area contributed by atoms with Gasteiger partial charge in [-0.15, -0.1) is 0 Å². The van der Waals surface area contributed by atoms with E-state index in [-0.39, 0.29) is 6.61 Å². The molecule has 0 aliphatic rings. The highest BCUT2D eigenvalue weighted by Gasteiger charge is 1.85. The quantitative estimate of drug-likeness (QED) is 0.646. The highest BCUT2D eigenvalue weighted by Crippen LogP contribution is 2.02. The molecule has 10 heavy (non-hydrogen) atoms. The molecule has 0 saturated heterocycles. The molecule has 0 saturated carbocycles. The minimum atomic E-state index is 0.165. The molecule has 0 spiro atoms. The fraction of sp³-hybridized carbons (Fsp3) is 0.250. The van der Waals surface area contributed by atoms with Gasteiger partial charge in [-0.3, -0.25) is 0 Å². The number of hydrogen-bond donors (Lipinski definition) is 2. The van der Waals surface area contributed by atoms with Crippen LogP contribution in [-0.4, -0.2) is 18.3 Å². The predicted molar refractivity (Wildman–Crippen MR) is 40.9 cm³/mol. The van der Waals surface area contributed by atoms with Crippen molar-refractivity contribution in [2.75, 3.05) is 18.5 Å². The van der Waals surface area contributed by atoms with E-state index in [0.29, 0.717) is 6.54 Å². The number of anilines is 1. The zero-order valence-corrected chi connectivity index (χ0v) is 5.67. The first kappa shape index (κ1) is 7.09. The zero-order valence-electron chi connectivity index (χ0n) is 5.67. The average Bonchev–Trinajstić information content (AvgIpc) is 2.03. The van der Waals surface area contributed by atoms with Crippen LogP contribution < -0.4 is 5.32 Å². The van der Waals surface area contributed by atoms with Crippen LogP contribution in [0.1, 0.15) is 0 Å². The Bertz CT molecular complexity index is 174. The molecule has 1 rings (SSSR count). The van der Waals surface area contributed by atoms with Crippen LogP contribution in [0.4, 0.5) is 5.69 Å². The van der Waals surface area contributed by atoms with Crippen LogP contribution in [0.15, 0.2) is 24.3 Å². The van der Waals surface area contributed by atoms with E-state index in [9.17, 15) is 0 Å². The second kappa shape index (κ2) is 3.90. The number of aliphatic hydroxyl groups excluding tert-OH is 1. The molecule has 53 valence electrons. The number of rotatable bonds is 3. The minimum Gasteiger partial charge on any atom is -0.395 e. The molecule has 1 aromatic rings. The van der Waals surface area contributed by atoms with Gasteiger partial charge in [0.25, 0.3) is 0 Å². The number of hydrogen-bond acceptors (Lipinski definition) is 2. The lowest BCUT2D eigenvalue weighted by Crippen LogP contribution is -2.04. The summed E-state index contributed by atoms with van der Waals surface area (Å²) in [5, 5.41) is 11.5. The topological polar surface area (TPSA) is 32.3 Å². The summed E-state index contributed by atoms with van der Waals surface area (Å²) >= 11 is 0. The van der Waals surface area contributed by atoms with Crippen LogP contribution in [0.5, 0.6) is 0 Å². The number of aliphatic hydroxyl groups is 1. The van der Waals surface area contributed by atoms with Gasteiger partial charge >= 0.3 is 0 Å². The predicted octanol–water partition coefficient (Wildman–Crippen LogP) is 0.891. The summed E-state index contributed by atoms with van der Waals surface area (Å²) in [7, 11) is 0. The van der Waals surface area contributed by atoms with E-state index in [1.807, 2.05) is 24.3 Å². The van der Waals surface area contributed by atoms with Gasteiger partial charge in [0.15, 0.2) is 0 Å². The molecule has 0 aliphatic carbocycles. The number of nitrogens with one attached hydrogen (secondary N) is 1. The summed E-state index contributed by atoms with van der Waals surface area (Å²) in [6.45, 7) is 0.766. The van der Waals surface area contributed by atoms with E-state index < -0.39 is 0 Å². The van der Waals surface area contributed by atoms with Crippen LogP contribution in [0, 0.1) is 6.07 Å². The van der Waals surface area contributed by atoms with E-state index in [2.05, 4.69) is 11.4 Å². The first-order valence-corrected chi connectivity index (χ1v) is 3.24. The molecule has 0 atom stereocenters. The van der Waals surface area contributed by atoms with Crippen molar-refractivity contribution in [3.05, 3.63) is 30.3 Å². The molecule has 0 fully saturated rings. The van der Waals surface area contributed by atoms with E-state index in [1.165, 1.54) is 0 Å². The first-order valence-electron chi connectivity index (χ1n) is 3.24. The second-order valence-corrected chi connectivity index (χ2v) is 1.94. The third-order valence-electron chi connectivity index (χ3n) is 1.16. The van der Waals surface area contributed by atoms with Crippen molar-refractivity contribution >= 4 is 5.69 Å². The molecule has 0 aromatic heterocycles. The standard InChI is InChI=1S/C8H10NO/c10-7-6-9-8-4-2-1-3-5-8/h2-5,9-10H,6-7H2. The van der Waals surface area contributed by atoms with Crippen molar-refractivity contribution in [3.8, 4) is 0 Å². The van der Waals surface area contributed by atoms with E-state index in [1.54, 1.807) is 0 Å². The molecule has 2 N–H and O–H groups in total. The summed E-state index contributed by atoms with van der Waals surface area (Å²) in [5.41, 5.74) is 1.02. The summed E-state index contributed by atoms with van der Waals surface area (Å²) in [6.07, 6.45) is 0. The average molecular weight is 136 g/mol. The first-order chi connectivity index (χ1) is 4.93. The highest BCUT2D eigenvalue weighted by molar-refractivity contribution is 5.41. The molecule has 0 bridgehead atoms. The van der Waals surface area contributed by atoms with Crippen LogP contribution in [-0.2, 0) is 0 Å². The Labute approximate surface area is 60.5 Å². The van der Waals surface area contributed by atoms with Crippen molar-refractivity contribution in [1.82, 2.24) is 0 Å². The largest absolute Gasteiger partial charge is 0.395 e. The van der Waals surface area contributed by atoms with Crippen LogP contribution >= 0.6 is 0 Å². The van der Waals surface area contributed by atoms with Crippen molar-refractivity contribution in [3.63, 3.8) is 0 Å². The fourth-order valence-electron chi connectivity index (χ4n) is 0.705. The van der Waals surface area contributed by atoms with E-state index in [4.69, 9.17) is 5.11 Å². The van der Waals surface area contributed by atoms with Crippen molar-refractivity contribution in [2.24, 2.45) is 0 Å². The Hall–Kier alpha value is -1.02. The fourth-order valence-corrected chi connectivity index (χ4v) is 0.705. The zero-order chi connectivity index (χ0) is 7.23. The molecule has 0 amide bonds. The van der Waals surface area contributed by atoms with E-state index in [0.717, 1.165) is 5.69 Å². The summed E-state index contributed by atoms with van der Waals surface area (Å²) < 4.78 is 0. The molecule has 0 unspecified atom stereocenters. The molecular weight excluding hydrogens is 126 g/mol. The molecule has 0 heterocycles. The normalized spacial score (nSPS) is 9.30.